The Kier molecular flexibility index (Phi) is 4.96. The van der Waals surface area contributed by atoms with Crippen LogP contribution in [0.5, 0.6) is 0 Å². The van der Waals surface area contributed by atoms with Crippen LogP contribution in [0.2, 0.25) is 5.02 Å². The highest BCUT2D eigenvalue weighted by Crippen LogP contribution is 2.47. The molecule has 3 unspecified atom stereocenters. The van der Waals surface area contributed by atoms with E-state index in [4.69, 9.17) is 11.6 Å². The molecule has 1 aliphatic heterocycles. The van der Waals surface area contributed by atoms with Crippen molar-refractivity contribution in [3.63, 3.8) is 0 Å². The summed E-state index contributed by atoms with van der Waals surface area (Å²) in [6, 6.07) is 6.03. The molecule has 0 spiro atoms. The fourth-order valence-corrected chi connectivity index (χ4v) is 3.96. The molecule has 5 nitrogen and oxygen atoms in total. The molecule has 0 radical (unpaired) electrons. The number of thiophene rings is 1. The maximum atomic E-state index is 13.9. The fraction of sp³-hybridized carbons (Fsp3) is 0.294. The molecule has 2 aromatic rings. The van der Waals surface area contributed by atoms with Gasteiger partial charge in [0.15, 0.2) is 5.78 Å². The van der Waals surface area contributed by atoms with Gasteiger partial charge in [0.05, 0.1) is 10.9 Å². The lowest BCUT2D eigenvalue weighted by Crippen LogP contribution is -2.72. The summed E-state index contributed by atoms with van der Waals surface area (Å²) >= 11 is 6.78. The molecule has 0 saturated carbocycles. The van der Waals surface area contributed by atoms with E-state index >= 15 is 0 Å². The van der Waals surface area contributed by atoms with Gasteiger partial charge < -0.3 is 10.4 Å². The number of ketones is 1. The van der Waals surface area contributed by atoms with E-state index in [-0.39, 0.29) is 15.3 Å². The Bertz CT molecular complexity index is 857. The molecule has 0 aliphatic carbocycles. The summed E-state index contributed by atoms with van der Waals surface area (Å²) in [6.07, 6.45) is -5.26. The van der Waals surface area contributed by atoms with Crippen LogP contribution in [0, 0.1) is 5.92 Å². The first-order valence-electron chi connectivity index (χ1n) is 7.74. The summed E-state index contributed by atoms with van der Waals surface area (Å²) in [4.78, 5) is 25.3. The molecule has 3 atom stereocenters. The molecule has 27 heavy (non-hydrogen) atoms. The number of Topliss-reactive ketones (excluding diaryl/α,β-unsaturated/α-hetero) is 1. The SMILES string of the molecule is CN1C(=O)NC(c2ccc(Cl)cc2)C(C(=O)c2cccs2)C1(O)C(F)(F)F. The molecule has 1 aliphatic rings. The molecular weight excluding hydrogens is 405 g/mol. The molecule has 1 aromatic carbocycles. The van der Waals surface area contributed by atoms with E-state index in [1.54, 1.807) is 5.38 Å². The van der Waals surface area contributed by atoms with Crippen molar-refractivity contribution < 1.29 is 27.9 Å². The molecule has 144 valence electrons. The van der Waals surface area contributed by atoms with Crippen molar-refractivity contribution in [1.29, 1.82) is 0 Å². The molecule has 2 heterocycles. The zero-order valence-electron chi connectivity index (χ0n) is 13.8. The number of amides is 2. The molecule has 10 heteroatoms. The van der Waals surface area contributed by atoms with E-state index in [1.165, 1.54) is 36.4 Å². The van der Waals surface area contributed by atoms with E-state index in [0.717, 1.165) is 18.4 Å². The van der Waals surface area contributed by atoms with Gasteiger partial charge in [0.1, 0.15) is 5.92 Å². The number of benzene rings is 1. The van der Waals surface area contributed by atoms with Gasteiger partial charge in [0.25, 0.3) is 5.72 Å². The van der Waals surface area contributed by atoms with Gasteiger partial charge in [-0.15, -0.1) is 11.3 Å². The Balaban J connectivity index is 2.19. The first-order valence-corrected chi connectivity index (χ1v) is 8.99. The lowest BCUT2D eigenvalue weighted by Gasteiger charge is -2.49. The number of hydrogen-bond acceptors (Lipinski definition) is 4. The highest BCUT2D eigenvalue weighted by molar-refractivity contribution is 7.12. The number of rotatable bonds is 3. The summed E-state index contributed by atoms with van der Waals surface area (Å²) in [6.45, 7) is 0. The number of carbonyl (C=O) groups is 2. The van der Waals surface area contributed by atoms with Crippen LogP contribution < -0.4 is 5.32 Å². The smallest absolute Gasteiger partial charge is 0.363 e. The van der Waals surface area contributed by atoms with Gasteiger partial charge in [0, 0.05) is 12.1 Å². The third-order valence-electron chi connectivity index (χ3n) is 4.55. The van der Waals surface area contributed by atoms with Crippen molar-refractivity contribution >= 4 is 34.8 Å². The molecular formula is C17H14ClF3N2O3S. The van der Waals surface area contributed by atoms with Crippen molar-refractivity contribution in [2.45, 2.75) is 17.9 Å². The lowest BCUT2D eigenvalue weighted by atomic mass is 9.78. The van der Waals surface area contributed by atoms with Gasteiger partial charge in [0.2, 0.25) is 0 Å². The molecule has 1 saturated heterocycles. The van der Waals surface area contributed by atoms with Crippen LogP contribution in [0.25, 0.3) is 0 Å². The highest BCUT2D eigenvalue weighted by Gasteiger charge is 2.69. The minimum absolute atomic E-state index is 0.0474. The standard InChI is InChI=1S/C17H14ClF3N2O3S/c1-23-15(25)22-13(9-4-6-10(18)7-5-9)12(16(23,26)17(19,20)21)14(24)11-3-2-8-27-11/h2-8,12-13,26H,1H3,(H,22,25). The Morgan fingerprint density at radius 1 is 1.30 bits per heavy atom. The van der Waals surface area contributed by atoms with Gasteiger partial charge >= 0.3 is 12.2 Å². The molecule has 2 amide bonds. The maximum absolute atomic E-state index is 13.9. The number of hydrogen-bond donors (Lipinski definition) is 2. The summed E-state index contributed by atoms with van der Waals surface area (Å²) in [5, 5.41) is 14.9. The molecule has 3 rings (SSSR count). The highest BCUT2D eigenvalue weighted by atomic mass is 35.5. The van der Waals surface area contributed by atoms with Crippen molar-refractivity contribution in [1.82, 2.24) is 10.2 Å². The van der Waals surface area contributed by atoms with Crippen molar-refractivity contribution in [2.75, 3.05) is 7.05 Å². The Labute approximate surface area is 161 Å². The number of urea groups is 1. The Hall–Kier alpha value is -2.10. The largest absolute Gasteiger partial charge is 0.437 e. The quantitative estimate of drug-likeness (QED) is 0.744. The van der Waals surface area contributed by atoms with Crippen molar-refractivity contribution in [2.24, 2.45) is 5.92 Å². The van der Waals surface area contributed by atoms with E-state index in [2.05, 4.69) is 5.32 Å². The van der Waals surface area contributed by atoms with Crippen molar-refractivity contribution in [3.05, 3.63) is 57.2 Å². The normalized spacial score (nSPS) is 26.0. The third-order valence-corrected chi connectivity index (χ3v) is 5.69. The number of alkyl halides is 3. The predicted molar refractivity (Wildman–Crippen MR) is 93.6 cm³/mol. The summed E-state index contributed by atoms with van der Waals surface area (Å²) in [7, 11) is 0.801. The van der Waals surface area contributed by atoms with Crippen LogP contribution in [0.4, 0.5) is 18.0 Å². The summed E-state index contributed by atoms with van der Waals surface area (Å²) < 4.78 is 41.7. The van der Waals surface area contributed by atoms with E-state index in [1.807, 2.05) is 0 Å². The van der Waals surface area contributed by atoms with E-state index < -0.39 is 35.7 Å². The number of aliphatic hydroxyl groups is 1. The minimum Gasteiger partial charge on any atom is -0.363 e. The second-order valence-electron chi connectivity index (χ2n) is 6.08. The zero-order valence-corrected chi connectivity index (χ0v) is 15.4. The predicted octanol–water partition coefficient (Wildman–Crippen LogP) is 3.85. The van der Waals surface area contributed by atoms with Crippen LogP contribution >= 0.6 is 22.9 Å². The van der Waals surface area contributed by atoms with Gasteiger partial charge in [-0.1, -0.05) is 29.8 Å². The second-order valence-corrected chi connectivity index (χ2v) is 7.46. The van der Waals surface area contributed by atoms with Gasteiger partial charge in [-0.25, -0.2) is 4.79 Å². The molecule has 1 aromatic heterocycles. The second kappa shape index (κ2) is 6.81. The van der Waals surface area contributed by atoms with Crippen LogP contribution in [0.3, 0.4) is 0 Å². The van der Waals surface area contributed by atoms with Crippen LogP contribution in [-0.2, 0) is 0 Å². The maximum Gasteiger partial charge on any atom is 0.437 e. The monoisotopic (exact) mass is 418 g/mol. The Morgan fingerprint density at radius 3 is 2.44 bits per heavy atom. The number of nitrogens with zero attached hydrogens (tertiary/aromatic N) is 1. The zero-order chi connectivity index (χ0) is 20.0. The average molecular weight is 419 g/mol. The number of halogens is 4. The van der Waals surface area contributed by atoms with E-state index in [0.29, 0.717) is 5.02 Å². The lowest BCUT2D eigenvalue weighted by molar-refractivity contribution is -0.322. The Morgan fingerprint density at radius 2 is 1.93 bits per heavy atom. The van der Waals surface area contributed by atoms with Gasteiger partial charge in [-0.05, 0) is 29.1 Å². The summed E-state index contributed by atoms with van der Waals surface area (Å²) in [5.74, 6) is -2.93. The van der Waals surface area contributed by atoms with Crippen LogP contribution in [0.15, 0.2) is 41.8 Å². The van der Waals surface area contributed by atoms with Crippen LogP contribution in [-0.4, -0.2) is 40.8 Å². The minimum atomic E-state index is -5.26. The third kappa shape index (κ3) is 3.19. The number of nitrogens with one attached hydrogen (secondary N) is 1. The molecule has 2 N–H and O–H groups in total. The van der Waals surface area contributed by atoms with Crippen LogP contribution in [0.1, 0.15) is 21.3 Å². The topological polar surface area (TPSA) is 69.6 Å². The first kappa shape index (κ1) is 19.7. The summed E-state index contributed by atoms with van der Waals surface area (Å²) in [5.41, 5.74) is -3.46. The van der Waals surface area contributed by atoms with Gasteiger partial charge in [-0.3, -0.25) is 9.69 Å². The van der Waals surface area contributed by atoms with E-state index in [9.17, 15) is 27.9 Å². The first-order chi connectivity index (χ1) is 12.6. The van der Waals surface area contributed by atoms with Gasteiger partial charge in [-0.2, -0.15) is 13.2 Å². The fourth-order valence-electron chi connectivity index (χ4n) is 3.13. The number of carbonyl (C=O) groups excluding carboxylic acids is 2. The molecule has 1 fully saturated rings. The average Bonchev–Trinajstić information content (AvgIpc) is 3.13. The van der Waals surface area contributed by atoms with Crippen molar-refractivity contribution in [3.8, 4) is 0 Å². The molecule has 0 bridgehead atoms.